The summed E-state index contributed by atoms with van der Waals surface area (Å²) in [4.78, 5) is 0. The molecule has 0 saturated heterocycles. The maximum Gasteiger partial charge on any atom is 0.265 e. The number of ether oxygens (including phenoxy) is 1. The molecule has 2 rings (SSSR count). The first-order valence-electron chi connectivity index (χ1n) is 5.91. The average Bonchev–Trinajstić information content (AvgIpc) is 2.36. The third-order valence-electron chi connectivity index (χ3n) is 2.88. The maximum atomic E-state index is 10.7. The van der Waals surface area contributed by atoms with Crippen molar-refractivity contribution in [2.24, 2.45) is 0 Å². The summed E-state index contributed by atoms with van der Waals surface area (Å²) in [6, 6.07) is 9.61. The molecule has 0 radical (unpaired) electrons. The predicted molar refractivity (Wildman–Crippen MR) is 71.7 cm³/mol. The van der Waals surface area contributed by atoms with Crippen LogP contribution in [0.25, 0.3) is 10.9 Å². The Morgan fingerprint density at radius 2 is 2.00 bits per heavy atom. The first-order chi connectivity index (χ1) is 9.01. The van der Waals surface area contributed by atoms with Crippen molar-refractivity contribution in [2.45, 2.75) is 13.0 Å². The molecule has 1 aromatic carbocycles. The fraction of sp³-hybridized carbons (Fsp3) is 0.308. The molecule has 0 fully saturated rings. The van der Waals surface area contributed by atoms with Crippen molar-refractivity contribution in [3.63, 3.8) is 0 Å². The van der Waals surface area contributed by atoms with Gasteiger partial charge in [-0.25, -0.2) is 0 Å². The summed E-state index contributed by atoms with van der Waals surface area (Å²) in [6.07, 6.45) is 2.22. The van der Waals surface area contributed by atoms with Gasteiger partial charge in [0.2, 0.25) is 0 Å². The highest BCUT2D eigenvalue weighted by atomic mass is 32.2. The Bertz CT molecular complexity index is 677. The molecule has 0 aliphatic carbocycles. The molecule has 19 heavy (non-hydrogen) atoms. The highest BCUT2D eigenvalue weighted by molar-refractivity contribution is 7.85. The first kappa shape index (κ1) is 13.8. The van der Waals surface area contributed by atoms with Crippen molar-refractivity contribution < 1.29 is 22.3 Å². The number of aromatic nitrogens is 1. The molecule has 0 bridgehead atoms. The second kappa shape index (κ2) is 5.54. The highest BCUT2D eigenvalue weighted by Crippen LogP contribution is 2.21. The normalized spacial score (nSPS) is 11.7. The van der Waals surface area contributed by atoms with Gasteiger partial charge in [0.1, 0.15) is 6.54 Å². The molecule has 102 valence electrons. The van der Waals surface area contributed by atoms with Crippen molar-refractivity contribution in [2.75, 3.05) is 12.9 Å². The van der Waals surface area contributed by atoms with Gasteiger partial charge in [0.15, 0.2) is 11.9 Å². The van der Waals surface area contributed by atoms with Gasteiger partial charge in [-0.1, -0.05) is 6.07 Å². The molecule has 0 atom stereocenters. The molecule has 2 aromatic rings. The van der Waals surface area contributed by atoms with Gasteiger partial charge in [-0.3, -0.25) is 4.55 Å². The summed E-state index contributed by atoms with van der Waals surface area (Å²) in [7, 11) is -2.31. The number of nitrogens with zero attached hydrogens (tertiary/aromatic N) is 1. The molecule has 5 nitrogen and oxygen atoms in total. The third kappa shape index (κ3) is 3.42. The van der Waals surface area contributed by atoms with Crippen LogP contribution >= 0.6 is 0 Å². The smallest absolute Gasteiger partial charge is 0.265 e. The van der Waals surface area contributed by atoms with Crippen LogP contribution in [0.15, 0.2) is 36.5 Å². The lowest BCUT2D eigenvalue weighted by Crippen LogP contribution is -2.35. The number of hydrogen-bond acceptors (Lipinski definition) is 3. The Morgan fingerprint density at radius 3 is 2.68 bits per heavy atom. The molecule has 0 amide bonds. The van der Waals surface area contributed by atoms with Gasteiger partial charge in [-0.2, -0.15) is 13.0 Å². The second-order valence-corrected chi connectivity index (χ2v) is 5.81. The summed E-state index contributed by atoms with van der Waals surface area (Å²) >= 11 is 0. The molecule has 1 heterocycles. The summed E-state index contributed by atoms with van der Waals surface area (Å²) in [5, 5.41) is 1.02. The van der Waals surface area contributed by atoms with Crippen LogP contribution in [-0.2, 0) is 16.7 Å². The third-order valence-corrected chi connectivity index (χ3v) is 3.69. The summed E-state index contributed by atoms with van der Waals surface area (Å²) in [6.45, 7) is 0.498. The quantitative estimate of drug-likeness (QED) is 0.665. The van der Waals surface area contributed by atoms with Gasteiger partial charge < -0.3 is 4.74 Å². The standard InChI is InChI=1S/C13H15NO4S/c1-18-12-7-2-5-11-6-3-8-14(13(11)12)9-4-10-19(15,16)17/h2-3,5-8H,4,9-10H2,1H3/p+1. The van der Waals surface area contributed by atoms with E-state index in [1.807, 2.05) is 41.1 Å². The van der Waals surface area contributed by atoms with E-state index >= 15 is 0 Å². The van der Waals surface area contributed by atoms with E-state index in [0.29, 0.717) is 13.0 Å². The number of para-hydroxylation sites is 1. The Balaban J connectivity index is 2.32. The van der Waals surface area contributed by atoms with Gasteiger partial charge in [-0.15, -0.1) is 0 Å². The van der Waals surface area contributed by atoms with E-state index in [4.69, 9.17) is 9.29 Å². The zero-order valence-corrected chi connectivity index (χ0v) is 11.4. The fourth-order valence-electron chi connectivity index (χ4n) is 2.07. The molecular weight excluding hydrogens is 266 g/mol. The van der Waals surface area contributed by atoms with Gasteiger partial charge >= 0.3 is 0 Å². The van der Waals surface area contributed by atoms with Crippen LogP contribution in [0.4, 0.5) is 0 Å². The summed E-state index contributed by atoms with van der Waals surface area (Å²) in [5.41, 5.74) is 0.919. The van der Waals surface area contributed by atoms with E-state index in [9.17, 15) is 8.42 Å². The fourth-order valence-corrected chi connectivity index (χ4v) is 2.57. The number of methoxy groups -OCH3 is 1. The monoisotopic (exact) mass is 282 g/mol. The zero-order valence-electron chi connectivity index (χ0n) is 10.6. The van der Waals surface area contributed by atoms with Crippen molar-refractivity contribution in [3.05, 3.63) is 36.5 Å². The minimum absolute atomic E-state index is 0.245. The van der Waals surface area contributed by atoms with Crippen molar-refractivity contribution in [1.29, 1.82) is 0 Å². The van der Waals surface area contributed by atoms with Crippen LogP contribution in [0, 0.1) is 0 Å². The minimum Gasteiger partial charge on any atom is -0.490 e. The SMILES string of the molecule is COc1cccc2ccc[n+](CCCS(=O)(=O)O)c12. The van der Waals surface area contributed by atoms with Crippen LogP contribution in [0.1, 0.15) is 6.42 Å². The number of pyridine rings is 1. The van der Waals surface area contributed by atoms with E-state index in [1.165, 1.54) is 0 Å². The Hall–Kier alpha value is -1.66. The van der Waals surface area contributed by atoms with E-state index in [1.54, 1.807) is 7.11 Å². The minimum atomic E-state index is -3.91. The number of fused-ring (bicyclic) bond motifs is 1. The molecule has 6 heteroatoms. The van der Waals surface area contributed by atoms with Crippen LogP contribution in [0.2, 0.25) is 0 Å². The van der Waals surface area contributed by atoms with Crippen LogP contribution < -0.4 is 9.30 Å². The van der Waals surface area contributed by atoms with E-state index in [2.05, 4.69) is 0 Å². The lowest BCUT2D eigenvalue weighted by molar-refractivity contribution is -0.671. The molecule has 1 N–H and O–H groups in total. The zero-order chi connectivity index (χ0) is 13.9. The average molecular weight is 282 g/mol. The van der Waals surface area contributed by atoms with Gasteiger partial charge in [-0.05, 0) is 18.2 Å². The molecule has 0 aliphatic rings. The largest absolute Gasteiger partial charge is 0.490 e. The lowest BCUT2D eigenvalue weighted by Gasteiger charge is -2.05. The molecule has 0 spiro atoms. The molecule has 0 aliphatic heterocycles. The van der Waals surface area contributed by atoms with Gasteiger partial charge in [0, 0.05) is 12.5 Å². The predicted octanol–water partition coefficient (Wildman–Crippen LogP) is 1.41. The maximum absolute atomic E-state index is 10.7. The molecule has 1 aromatic heterocycles. The second-order valence-electron chi connectivity index (χ2n) is 4.24. The molecule has 0 unspecified atom stereocenters. The van der Waals surface area contributed by atoms with E-state index < -0.39 is 10.1 Å². The highest BCUT2D eigenvalue weighted by Gasteiger charge is 2.14. The molecular formula is C13H16NO4S+. The number of aryl methyl sites for hydroxylation is 1. The van der Waals surface area contributed by atoms with E-state index in [0.717, 1.165) is 16.7 Å². The van der Waals surface area contributed by atoms with Crippen molar-refractivity contribution in [1.82, 2.24) is 0 Å². The van der Waals surface area contributed by atoms with Crippen molar-refractivity contribution >= 4 is 21.0 Å². The van der Waals surface area contributed by atoms with E-state index in [-0.39, 0.29) is 5.75 Å². The lowest BCUT2D eigenvalue weighted by atomic mass is 10.2. The van der Waals surface area contributed by atoms with Crippen LogP contribution in [0.5, 0.6) is 5.75 Å². The van der Waals surface area contributed by atoms with Crippen LogP contribution in [0.3, 0.4) is 0 Å². The summed E-state index contributed by atoms with van der Waals surface area (Å²) < 4.78 is 37.5. The molecule has 0 saturated carbocycles. The van der Waals surface area contributed by atoms with Gasteiger partial charge in [0.05, 0.1) is 18.2 Å². The Kier molecular flexibility index (Phi) is 4.01. The number of benzene rings is 1. The number of hydrogen-bond donors (Lipinski definition) is 1. The topological polar surface area (TPSA) is 67.5 Å². The van der Waals surface area contributed by atoms with Crippen molar-refractivity contribution in [3.8, 4) is 5.75 Å². The Labute approximate surface area is 112 Å². The first-order valence-corrected chi connectivity index (χ1v) is 7.52. The van der Waals surface area contributed by atoms with Gasteiger partial charge in [0.25, 0.3) is 15.6 Å². The number of rotatable bonds is 5. The Morgan fingerprint density at radius 1 is 1.26 bits per heavy atom. The summed E-state index contributed by atoms with van der Waals surface area (Å²) in [5.74, 6) is 0.496. The van der Waals surface area contributed by atoms with Crippen LogP contribution in [-0.4, -0.2) is 25.8 Å².